The van der Waals surface area contributed by atoms with Gasteiger partial charge in [-0.05, 0) is 18.3 Å². The summed E-state index contributed by atoms with van der Waals surface area (Å²) in [6.45, 7) is 6.03. The van der Waals surface area contributed by atoms with Crippen molar-refractivity contribution in [3.05, 3.63) is 76.5 Å². The molecule has 0 spiro atoms. The van der Waals surface area contributed by atoms with Crippen LogP contribution in [-0.4, -0.2) is 61.0 Å². The summed E-state index contributed by atoms with van der Waals surface area (Å²) in [6, 6.07) is 11.6. The molecule has 10 nitrogen and oxygen atoms in total. The highest BCUT2D eigenvalue weighted by Gasteiger charge is 2.49. The average Bonchev–Trinajstić information content (AvgIpc) is 3.56. The van der Waals surface area contributed by atoms with Gasteiger partial charge in [-0.2, -0.15) is 5.10 Å². The lowest BCUT2D eigenvalue weighted by Crippen LogP contribution is -2.47. The molecule has 1 aromatic carbocycles. The highest BCUT2D eigenvalue weighted by molar-refractivity contribution is 6.02. The fourth-order valence-electron chi connectivity index (χ4n) is 4.02. The van der Waals surface area contributed by atoms with Gasteiger partial charge in [-0.1, -0.05) is 47.3 Å². The van der Waals surface area contributed by atoms with Gasteiger partial charge in [0.1, 0.15) is 11.3 Å². The van der Waals surface area contributed by atoms with E-state index in [1.54, 1.807) is 22.0 Å². The zero-order valence-corrected chi connectivity index (χ0v) is 18.5. The standard InChI is InChI=1S/C23H24N7O3/c1-3-10-28-15-27(4-2)22-20(23(28)31)30(32)21(25-22)17-12-24-29(13-17)14-18-11-19(33-26-18)16-8-6-5-7-9-16/h5-9,11-13H,3-4,10,14-15H2,1-2H3/q+1. The molecule has 0 unspecified atom stereocenters. The first-order chi connectivity index (χ1) is 16.1. The Kier molecular flexibility index (Phi) is 5.33. The van der Waals surface area contributed by atoms with Crippen LogP contribution in [0.2, 0.25) is 0 Å². The van der Waals surface area contributed by atoms with Crippen LogP contribution in [0.25, 0.3) is 11.3 Å². The Morgan fingerprint density at radius 2 is 1.94 bits per heavy atom. The highest BCUT2D eigenvalue weighted by atomic mass is 16.5. The molecule has 2 aliphatic rings. The first-order valence-corrected chi connectivity index (χ1v) is 11.0. The maximum absolute atomic E-state index is 13.1. The molecule has 4 heterocycles. The molecular weight excluding hydrogens is 422 g/mol. The Labute approximate surface area is 190 Å². The number of amidine groups is 1. The molecule has 1 amide bonds. The van der Waals surface area contributed by atoms with E-state index < -0.39 is 0 Å². The van der Waals surface area contributed by atoms with Crippen molar-refractivity contribution in [3.8, 4) is 11.3 Å². The number of amides is 1. The van der Waals surface area contributed by atoms with Crippen LogP contribution in [0.1, 0.15) is 31.5 Å². The van der Waals surface area contributed by atoms with E-state index >= 15 is 0 Å². The van der Waals surface area contributed by atoms with Gasteiger partial charge in [0.2, 0.25) is 0 Å². The van der Waals surface area contributed by atoms with Crippen molar-refractivity contribution < 1.29 is 14.1 Å². The first-order valence-electron chi connectivity index (χ1n) is 11.0. The number of aliphatic imine (C=N–C) groups is 1. The maximum Gasteiger partial charge on any atom is 0.380 e. The molecule has 3 aromatic rings. The molecule has 0 bridgehead atoms. The van der Waals surface area contributed by atoms with E-state index in [9.17, 15) is 9.70 Å². The molecule has 0 saturated carbocycles. The summed E-state index contributed by atoms with van der Waals surface area (Å²) in [4.78, 5) is 34.1. The van der Waals surface area contributed by atoms with Gasteiger partial charge in [0, 0.05) is 35.7 Å². The zero-order chi connectivity index (χ0) is 22.9. The number of rotatable bonds is 7. The fraction of sp³-hybridized carbons (Fsp3) is 0.304. The Morgan fingerprint density at radius 1 is 1.12 bits per heavy atom. The molecule has 0 saturated heterocycles. The van der Waals surface area contributed by atoms with Gasteiger partial charge in [-0.3, -0.25) is 9.48 Å². The minimum absolute atomic E-state index is 0.0725. The number of hydrogen-bond acceptors (Lipinski definition) is 7. The number of carbonyl (C=O) groups is 1. The number of carbonyl (C=O) groups excluding carboxylic acids is 1. The molecule has 0 N–H and O–H groups in total. The normalized spacial score (nSPS) is 16.0. The van der Waals surface area contributed by atoms with Crippen molar-refractivity contribution in [3.63, 3.8) is 0 Å². The number of hydrogen-bond donors (Lipinski definition) is 0. The number of benzene rings is 1. The molecule has 2 aliphatic heterocycles. The van der Waals surface area contributed by atoms with Gasteiger partial charge in [0.25, 0.3) is 0 Å². The second-order valence-electron chi connectivity index (χ2n) is 7.94. The topological polar surface area (TPSA) is 99.8 Å². The largest absolute Gasteiger partial charge is 0.380 e. The van der Waals surface area contributed by atoms with E-state index in [4.69, 9.17) is 4.52 Å². The lowest BCUT2D eigenvalue weighted by molar-refractivity contribution is -0.366. The van der Waals surface area contributed by atoms with Crippen LogP contribution in [0, 0.1) is 4.91 Å². The third-order valence-corrected chi connectivity index (χ3v) is 5.66. The molecule has 2 aromatic heterocycles. The molecule has 0 radical (unpaired) electrons. The molecule has 168 valence electrons. The van der Waals surface area contributed by atoms with E-state index in [2.05, 4.69) is 15.2 Å². The van der Waals surface area contributed by atoms with Crippen LogP contribution in [0.3, 0.4) is 0 Å². The predicted molar refractivity (Wildman–Crippen MR) is 120 cm³/mol. The lowest BCUT2D eigenvalue weighted by Gasteiger charge is -2.31. The van der Waals surface area contributed by atoms with Crippen molar-refractivity contribution in [1.29, 1.82) is 0 Å². The van der Waals surface area contributed by atoms with E-state index in [1.165, 1.54) is 0 Å². The average molecular weight is 446 g/mol. The molecule has 33 heavy (non-hydrogen) atoms. The second kappa shape index (κ2) is 8.45. The summed E-state index contributed by atoms with van der Waals surface area (Å²) in [6.07, 6.45) is 4.12. The summed E-state index contributed by atoms with van der Waals surface area (Å²) >= 11 is 0. The van der Waals surface area contributed by atoms with Gasteiger partial charge in [-0.25, -0.2) is 0 Å². The van der Waals surface area contributed by atoms with Gasteiger partial charge < -0.3 is 14.3 Å². The van der Waals surface area contributed by atoms with Gasteiger partial charge >= 0.3 is 23.3 Å². The third-order valence-electron chi connectivity index (χ3n) is 5.66. The van der Waals surface area contributed by atoms with Crippen LogP contribution < -0.4 is 0 Å². The first kappa shape index (κ1) is 20.8. The van der Waals surface area contributed by atoms with Crippen molar-refractivity contribution in [2.24, 2.45) is 4.99 Å². The summed E-state index contributed by atoms with van der Waals surface area (Å²) in [7, 11) is 0. The Bertz CT molecular complexity index is 1270. The van der Waals surface area contributed by atoms with Crippen molar-refractivity contribution in [1.82, 2.24) is 24.7 Å². The third kappa shape index (κ3) is 3.73. The van der Waals surface area contributed by atoms with E-state index in [0.29, 0.717) is 53.9 Å². The van der Waals surface area contributed by atoms with Crippen LogP contribution in [-0.2, 0) is 11.3 Å². The van der Waals surface area contributed by atoms with Crippen molar-refractivity contribution in [2.75, 3.05) is 19.8 Å². The molecular formula is C23H24N7O3+. The Hall–Kier alpha value is -4.08. The SMILES string of the molecule is CCCN1CN(CC)C2=C(C1=O)[N+](=O)C(c1cnn(Cc3cc(-c4ccccc4)on3)c1)=N2. The highest BCUT2D eigenvalue weighted by Crippen LogP contribution is 2.29. The maximum atomic E-state index is 13.1. The van der Waals surface area contributed by atoms with Crippen LogP contribution in [0.5, 0.6) is 0 Å². The number of aromatic nitrogens is 3. The van der Waals surface area contributed by atoms with Gasteiger partial charge in [-0.15, -0.1) is 0 Å². The quantitative estimate of drug-likeness (QED) is 0.518. The molecule has 5 rings (SSSR count). The van der Waals surface area contributed by atoms with Gasteiger partial charge in [0.05, 0.1) is 19.4 Å². The Balaban J connectivity index is 1.35. The van der Waals surface area contributed by atoms with Crippen molar-refractivity contribution in [2.45, 2.75) is 26.8 Å². The minimum atomic E-state index is -0.284. The molecule has 0 fully saturated rings. The Morgan fingerprint density at radius 3 is 2.70 bits per heavy atom. The summed E-state index contributed by atoms with van der Waals surface area (Å²) < 4.78 is 7.75. The van der Waals surface area contributed by atoms with E-state index in [1.807, 2.05) is 55.1 Å². The summed E-state index contributed by atoms with van der Waals surface area (Å²) in [5.74, 6) is 0.988. The van der Waals surface area contributed by atoms with E-state index in [0.717, 1.165) is 12.0 Å². The van der Waals surface area contributed by atoms with Crippen molar-refractivity contribution >= 4 is 11.7 Å². The second-order valence-corrected chi connectivity index (χ2v) is 7.94. The smallest absolute Gasteiger partial charge is 0.356 e. The molecule has 10 heteroatoms. The van der Waals surface area contributed by atoms with Gasteiger partial charge in [0.15, 0.2) is 5.76 Å². The molecule has 0 aliphatic carbocycles. The van der Waals surface area contributed by atoms with E-state index in [-0.39, 0.29) is 17.4 Å². The lowest BCUT2D eigenvalue weighted by atomic mass is 10.2. The zero-order valence-electron chi connectivity index (χ0n) is 18.5. The minimum Gasteiger partial charge on any atom is -0.356 e. The summed E-state index contributed by atoms with van der Waals surface area (Å²) in [5.41, 5.74) is 2.26. The van der Waals surface area contributed by atoms with Crippen LogP contribution in [0.4, 0.5) is 0 Å². The summed E-state index contributed by atoms with van der Waals surface area (Å²) in [5, 5.41) is 8.48. The number of nitroso groups, excluding NO2 is 1. The predicted octanol–water partition coefficient (Wildman–Crippen LogP) is 2.83. The molecule has 0 atom stereocenters. The fourth-order valence-corrected chi connectivity index (χ4v) is 4.02. The number of nitrogens with zero attached hydrogens (tertiary/aromatic N) is 7. The monoisotopic (exact) mass is 446 g/mol. The van der Waals surface area contributed by atoms with Crippen LogP contribution in [0.15, 0.2) is 69.8 Å². The van der Waals surface area contributed by atoms with Crippen LogP contribution >= 0.6 is 0 Å².